The number of aliphatic hydroxyl groups excluding tert-OH is 2. The van der Waals surface area contributed by atoms with E-state index >= 15 is 0 Å². The maximum absolute atomic E-state index is 8.36. The van der Waals surface area contributed by atoms with Crippen LogP contribution in [0.4, 0.5) is 0 Å². The van der Waals surface area contributed by atoms with Gasteiger partial charge in [0, 0.05) is 11.5 Å². The van der Waals surface area contributed by atoms with Crippen LogP contribution in [0.25, 0.3) is 0 Å². The first-order valence-corrected chi connectivity index (χ1v) is 7.84. The van der Waals surface area contributed by atoms with Crippen LogP contribution in [0.5, 0.6) is 0 Å². The van der Waals surface area contributed by atoms with Crippen LogP contribution >= 0.6 is 25.3 Å². The van der Waals surface area contributed by atoms with E-state index in [-0.39, 0.29) is 13.2 Å². The predicted octanol–water partition coefficient (Wildman–Crippen LogP) is -0.117. The van der Waals surface area contributed by atoms with E-state index in [9.17, 15) is 0 Å². The molecule has 20 heavy (non-hydrogen) atoms. The summed E-state index contributed by atoms with van der Waals surface area (Å²) in [4.78, 5) is 0. The third-order valence-corrected chi connectivity index (χ3v) is 2.05. The molecule has 0 aliphatic rings. The van der Waals surface area contributed by atoms with Gasteiger partial charge in [-0.1, -0.05) is 0 Å². The summed E-state index contributed by atoms with van der Waals surface area (Å²) in [5.41, 5.74) is 0. The molecule has 0 bridgehead atoms. The third kappa shape index (κ3) is 26.9. The molecule has 6 nitrogen and oxygen atoms in total. The van der Waals surface area contributed by atoms with E-state index in [1.54, 1.807) is 0 Å². The second-order valence-corrected chi connectivity index (χ2v) is 4.24. The fourth-order valence-corrected chi connectivity index (χ4v) is 1.16. The van der Waals surface area contributed by atoms with Crippen molar-refractivity contribution >= 4 is 25.3 Å². The van der Waals surface area contributed by atoms with Crippen LogP contribution in [0.2, 0.25) is 0 Å². The summed E-state index contributed by atoms with van der Waals surface area (Å²) in [5.74, 6) is 1.60. The first kappa shape index (κ1) is 22.7. The molecule has 0 aromatic rings. The lowest BCUT2D eigenvalue weighted by Crippen LogP contribution is -2.11. The van der Waals surface area contributed by atoms with Crippen molar-refractivity contribution in [2.45, 2.75) is 0 Å². The number of hydrogen-bond donors (Lipinski definition) is 4. The summed E-state index contributed by atoms with van der Waals surface area (Å²) in [5, 5.41) is 16.7. The molecule has 0 saturated heterocycles. The molecule has 0 atom stereocenters. The second kappa shape index (κ2) is 24.5. The maximum Gasteiger partial charge on any atom is 0.0701 e. The van der Waals surface area contributed by atoms with Crippen molar-refractivity contribution in [1.29, 1.82) is 0 Å². The van der Waals surface area contributed by atoms with E-state index in [4.69, 9.17) is 29.2 Å². The SMILES string of the molecule is OCCOCCOCCOCCO.SCCOCCS. The summed E-state index contributed by atoms with van der Waals surface area (Å²) in [6, 6.07) is 0. The molecule has 124 valence electrons. The molecule has 0 aromatic heterocycles. The van der Waals surface area contributed by atoms with Crippen LogP contribution in [0, 0.1) is 0 Å². The van der Waals surface area contributed by atoms with Crippen molar-refractivity contribution < 1.29 is 29.2 Å². The molecule has 0 amide bonds. The van der Waals surface area contributed by atoms with Gasteiger partial charge in [-0.15, -0.1) is 0 Å². The van der Waals surface area contributed by atoms with Crippen LogP contribution in [-0.4, -0.2) is 87.8 Å². The zero-order valence-electron chi connectivity index (χ0n) is 11.9. The van der Waals surface area contributed by atoms with E-state index in [1.165, 1.54) is 0 Å². The summed E-state index contributed by atoms with van der Waals surface area (Å²) >= 11 is 7.89. The fourth-order valence-electron chi connectivity index (χ4n) is 0.902. The average molecular weight is 332 g/mol. The highest BCUT2D eigenvalue weighted by atomic mass is 32.1. The Kier molecular flexibility index (Phi) is 27.8. The van der Waals surface area contributed by atoms with Gasteiger partial charge in [0.05, 0.1) is 66.1 Å². The first-order chi connectivity index (χ1) is 9.83. The lowest BCUT2D eigenvalue weighted by molar-refractivity contribution is 0.00230. The third-order valence-electron chi connectivity index (χ3n) is 1.69. The Labute approximate surface area is 132 Å². The van der Waals surface area contributed by atoms with Gasteiger partial charge in [-0.25, -0.2) is 0 Å². The molecule has 0 unspecified atom stereocenters. The molecule has 2 N–H and O–H groups in total. The van der Waals surface area contributed by atoms with Crippen LogP contribution in [0.1, 0.15) is 0 Å². The topological polar surface area (TPSA) is 77.4 Å². The number of ether oxygens (including phenoxy) is 4. The minimum absolute atomic E-state index is 0.0413. The fraction of sp³-hybridized carbons (Fsp3) is 1.00. The zero-order valence-corrected chi connectivity index (χ0v) is 13.7. The lowest BCUT2D eigenvalue weighted by atomic mass is 10.7. The number of hydrogen-bond acceptors (Lipinski definition) is 8. The Balaban J connectivity index is 0. The maximum atomic E-state index is 8.36. The van der Waals surface area contributed by atoms with Gasteiger partial charge >= 0.3 is 0 Å². The highest BCUT2D eigenvalue weighted by Crippen LogP contribution is 1.80. The highest BCUT2D eigenvalue weighted by molar-refractivity contribution is 7.80. The summed E-state index contributed by atoms with van der Waals surface area (Å²) in [6.07, 6.45) is 0. The molecular formula is C12H28O6S2. The van der Waals surface area contributed by atoms with Crippen molar-refractivity contribution in [2.75, 3.05) is 77.6 Å². The molecule has 0 fully saturated rings. The molecular weight excluding hydrogens is 304 g/mol. The zero-order chi connectivity index (χ0) is 15.3. The minimum Gasteiger partial charge on any atom is -0.394 e. The Morgan fingerprint density at radius 3 is 1.10 bits per heavy atom. The Bertz CT molecular complexity index is 140. The summed E-state index contributed by atoms with van der Waals surface area (Å²) in [6.45, 7) is 4.24. The van der Waals surface area contributed by atoms with Gasteiger partial charge in [-0.05, 0) is 0 Å². The van der Waals surface area contributed by atoms with Crippen molar-refractivity contribution in [2.24, 2.45) is 0 Å². The molecule has 0 heterocycles. The molecule has 0 rings (SSSR count). The van der Waals surface area contributed by atoms with Crippen molar-refractivity contribution in [1.82, 2.24) is 0 Å². The predicted molar refractivity (Wildman–Crippen MR) is 85.2 cm³/mol. The molecule has 0 aromatic carbocycles. The van der Waals surface area contributed by atoms with Gasteiger partial charge in [-0.2, -0.15) is 25.3 Å². The van der Waals surface area contributed by atoms with Crippen LogP contribution in [0.3, 0.4) is 0 Å². The lowest BCUT2D eigenvalue weighted by Gasteiger charge is -2.04. The van der Waals surface area contributed by atoms with Gasteiger partial charge in [-0.3, -0.25) is 0 Å². The second-order valence-electron chi connectivity index (χ2n) is 3.34. The standard InChI is InChI=1S/C8H18O5.C4H10OS2/c9-1-3-11-5-7-13-8-6-12-4-2-10;6-3-1-5-2-4-7/h9-10H,1-8H2;6-7H,1-4H2. The van der Waals surface area contributed by atoms with E-state index in [2.05, 4.69) is 25.3 Å². The molecule has 0 radical (unpaired) electrons. The first-order valence-electron chi connectivity index (χ1n) is 6.57. The van der Waals surface area contributed by atoms with Gasteiger partial charge in [0.25, 0.3) is 0 Å². The van der Waals surface area contributed by atoms with Crippen LogP contribution in [-0.2, 0) is 18.9 Å². The molecule has 0 saturated carbocycles. The molecule has 0 aliphatic carbocycles. The van der Waals surface area contributed by atoms with E-state index < -0.39 is 0 Å². The van der Waals surface area contributed by atoms with E-state index in [0.717, 1.165) is 24.7 Å². The van der Waals surface area contributed by atoms with Crippen LogP contribution < -0.4 is 0 Å². The van der Waals surface area contributed by atoms with Crippen molar-refractivity contribution in [3.63, 3.8) is 0 Å². The molecule has 0 spiro atoms. The number of rotatable bonds is 14. The van der Waals surface area contributed by atoms with E-state index in [0.29, 0.717) is 39.6 Å². The molecule has 0 aliphatic heterocycles. The van der Waals surface area contributed by atoms with Crippen molar-refractivity contribution in [3.05, 3.63) is 0 Å². The molecule has 8 heteroatoms. The Morgan fingerprint density at radius 2 is 0.800 bits per heavy atom. The number of thiol groups is 2. The van der Waals surface area contributed by atoms with Gasteiger partial charge < -0.3 is 29.2 Å². The minimum atomic E-state index is 0.0413. The summed E-state index contributed by atoms with van der Waals surface area (Å²) in [7, 11) is 0. The number of aliphatic hydroxyl groups is 2. The van der Waals surface area contributed by atoms with E-state index in [1.807, 2.05) is 0 Å². The van der Waals surface area contributed by atoms with Gasteiger partial charge in [0.1, 0.15) is 0 Å². The quantitative estimate of drug-likeness (QED) is 0.263. The monoisotopic (exact) mass is 332 g/mol. The Hall–Kier alpha value is 0.460. The van der Waals surface area contributed by atoms with Gasteiger partial charge in [0.2, 0.25) is 0 Å². The summed E-state index contributed by atoms with van der Waals surface area (Å²) < 4.78 is 20.0. The van der Waals surface area contributed by atoms with Crippen LogP contribution in [0.15, 0.2) is 0 Å². The highest BCUT2D eigenvalue weighted by Gasteiger charge is 1.89. The normalized spacial score (nSPS) is 10.2. The van der Waals surface area contributed by atoms with Gasteiger partial charge in [0.15, 0.2) is 0 Å². The largest absolute Gasteiger partial charge is 0.394 e. The smallest absolute Gasteiger partial charge is 0.0701 e. The average Bonchev–Trinajstić information content (AvgIpc) is 2.47. The van der Waals surface area contributed by atoms with Crippen molar-refractivity contribution in [3.8, 4) is 0 Å². The Morgan fingerprint density at radius 1 is 0.500 bits per heavy atom.